The van der Waals surface area contributed by atoms with E-state index in [-0.39, 0.29) is 11.5 Å². The molecule has 2 nitrogen and oxygen atoms in total. The summed E-state index contributed by atoms with van der Waals surface area (Å²) in [7, 11) is 0. The van der Waals surface area contributed by atoms with Gasteiger partial charge in [0, 0.05) is 9.79 Å². The Bertz CT molecular complexity index is 848. The maximum atomic E-state index is 12.6. The molecule has 0 saturated heterocycles. The Hall–Kier alpha value is -1.94. The van der Waals surface area contributed by atoms with E-state index in [0.29, 0.717) is 15.7 Å². The van der Waals surface area contributed by atoms with Gasteiger partial charge < -0.3 is 5.32 Å². The van der Waals surface area contributed by atoms with Gasteiger partial charge in [-0.1, -0.05) is 71.4 Å². The van der Waals surface area contributed by atoms with Crippen molar-refractivity contribution in [1.82, 2.24) is 0 Å². The monoisotopic (exact) mass is 373 g/mol. The van der Waals surface area contributed by atoms with Crippen molar-refractivity contribution in [2.75, 3.05) is 5.32 Å². The number of benzene rings is 3. The van der Waals surface area contributed by atoms with Gasteiger partial charge in [0.1, 0.15) is 0 Å². The fraction of sp³-hybridized carbons (Fsp3) is 0. The van der Waals surface area contributed by atoms with Crippen LogP contribution in [0.3, 0.4) is 0 Å². The Labute approximate surface area is 154 Å². The quantitative estimate of drug-likeness (QED) is 0.573. The van der Waals surface area contributed by atoms with Crippen LogP contribution in [0.2, 0.25) is 10.0 Å². The Morgan fingerprint density at radius 3 is 2.12 bits per heavy atom. The molecule has 0 aliphatic heterocycles. The van der Waals surface area contributed by atoms with Crippen molar-refractivity contribution in [3.05, 3.63) is 88.4 Å². The van der Waals surface area contributed by atoms with Crippen molar-refractivity contribution in [3.63, 3.8) is 0 Å². The topological polar surface area (TPSA) is 29.1 Å². The summed E-state index contributed by atoms with van der Waals surface area (Å²) in [5.74, 6) is -0.327. The molecule has 0 aliphatic rings. The van der Waals surface area contributed by atoms with Gasteiger partial charge in [-0.25, -0.2) is 0 Å². The fourth-order valence-corrected chi connectivity index (χ4v) is 3.67. The van der Waals surface area contributed by atoms with E-state index in [2.05, 4.69) is 5.32 Å². The highest BCUT2D eigenvalue weighted by atomic mass is 35.5. The SMILES string of the molecule is O=C(Nc1ccccc1Sc1ccccc1)c1c(Cl)cccc1Cl. The van der Waals surface area contributed by atoms with Gasteiger partial charge in [-0.15, -0.1) is 0 Å². The maximum absolute atomic E-state index is 12.6. The lowest BCUT2D eigenvalue weighted by Crippen LogP contribution is -2.13. The maximum Gasteiger partial charge on any atom is 0.258 e. The average Bonchev–Trinajstić information content (AvgIpc) is 2.57. The molecular weight excluding hydrogens is 361 g/mol. The number of anilines is 1. The van der Waals surface area contributed by atoms with Crippen LogP contribution in [0.1, 0.15) is 10.4 Å². The number of amides is 1. The van der Waals surface area contributed by atoms with Gasteiger partial charge in [0.05, 0.1) is 21.3 Å². The average molecular weight is 374 g/mol. The molecule has 1 N–H and O–H groups in total. The summed E-state index contributed by atoms with van der Waals surface area (Å²) in [5, 5.41) is 3.55. The number of hydrogen-bond donors (Lipinski definition) is 1. The zero-order chi connectivity index (χ0) is 16.9. The van der Waals surface area contributed by atoms with Gasteiger partial charge in [0.2, 0.25) is 0 Å². The largest absolute Gasteiger partial charge is 0.321 e. The molecule has 3 aromatic carbocycles. The van der Waals surface area contributed by atoms with Gasteiger partial charge in [-0.2, -0.15) is 0 Å². The summed E-state index contributed by atoms with van der Waals surface area (Å²) in [6.45, 7) is 0. The molecule has 120 valence electrons. The van der Waals surface area contributed by atoms with Crippen LogP contribution in [0.25, 0.3) is 0 Å². The highest BCUT2D eigenvalue weighted by molar-refractivity contribution is 7.99. The van der Waals surface area contributed by atoms with Crippen LogP contribution in [0.5, 0.6) is 0 Å². The first-order valence-corrected chi connectivity index (χ1v) is 8.79. The van der Waals surface area contributed by atoms with Crippen LogP contribution >= 0.6 is 35.0 Å². The molecule has 0 aromatic heterocycles. The zero-order valence-corrected chi connectivity index (χ0v) is 14.8. The van der Waals surface area contributed by atoms with E-state index in [4.69, 9.17) is 23.2 Å². The number of rotatable bonds is 4. The van der Waals surface area contributed by atoms with Crippen LogP contribution in [0.15, 0.2) is 82.6 Å². The molecule has 0 aliphatic carbocycles. The minimum absolute atomic E-state index is 0.278. The van der Waals surface area contributed by atoms with E-state index in [9.17, 15) is 4.79 Å². The summed E-state index contributed by atoms with van der Waals surface area (Å²) >= 11 is 13.8. The molecule has 5 heteroatoms. The van der Waals surface area contributed by atoms with Crippen molar-refractivity contribution in [2.24, 2.45) is 0 Å². The van der Waals surface area contributed by atoms with Crippen LogP contribution in [-0.4, -0.2) is 5.91 Å². The summed E-state index contributed by atoms with van der Waals surface area (Å²) < 4.78 is 0. The van der Waals surface area contributed by atoms with E-state index < -0.39 is 0 Å². The molecule has 0 fully saturated rings. The van der Waals surface area contributed by atoms with E-state index in [0.717, 1.165) is 9.79 Å². The third-order valence-corrected chi connectivity index (χ3v) is 5.01. The molecular formula is C19H13Cl2NOS. The lowest BCUT2D eigenvalue weighted by Gasteiger charge is -2.12. The van der Waals surface area contributed by atoms with Crippen molar-refractivity contribution < 1.29 is 4.79 Å². The molecule has 0 unspecified atom stereocenters. The molecule has 24 heavy (non-hydrogen) atoms. The van der Waals surface area contributed by atoms with Gasteiger partial charge in [-0.05, 0) is 36.4 Å². The minimum Gasteiger partial charge on any atom is -0.321 e. The first kappa shape index (κ1) is 16.9. The van der Waals surface area contributed by atoms with E-state index >= 15 is 0 Å². The van der Waals surface area contributed by atoms with Crippen molar-refractivity contribution in [2.45, 2.75) is 9.79 Å². The van der Waals surface area contributed by atoms with Gasteiger partial charge in [0.15, 0.2) is 0 Å². The third kappa shape index (κ3) is 3.93. The van der Waals surface area contributed by atoms with Crippen molar-refractivity contribution >= 4 is 46.6 Å². The van der Waals surface area contributed by atoms with Crippen LogP contribution < -0.4 is 5.32 Å². The van der Waals surface area contributed by atoms with Crippen molar-refractivity contribution in [3.8, 4) is 0 Å². The zero-order valence-electron chi connectivity index (χ0n) is 12.5. The molecule has 3 aromatic rings. The number of carbonyl (C=O) groups excluding carboxylic acids is 1. The molecule has 0 bridgehead atoms. The van der Waals surface area contributed by atoms with E-state index in [1.165, 1.54) is 0 Å². The Morgan fingerprint density at radius 1 is 0.792 bits per heavy atom. The number of carbonyl (C=O) groups is 1. The summed E-state index contributed by atoms with van der Waals surface area (Å²) in [5.41, 5.74) is 0.993. The normalized spacial score (nSPS) is 10.4. The molecule has 0 atom stereocenters. The lowest BCUT2D eigenvalue weighted by molar-refractivity contribution is 0.102. The summed E-state index contributed by atoms with van der Waals surface area (Å²) in [4.78, 5) is 14.6. The molecule has 0 spiro atoms. The Morgan fingerprint density at radius 2 is 1.42 bits per heavy atom. The summed E-state index contributed by atoms with van der Waals surface area (Å²) in [6.07, 6.45) is 0. The van der Waals surface area contributed by atoms with Crippen molar-refractivity contribution in [1.29, 1.82) is 0 Å². The molecule has 1 amide bonds. The number of halogens is 2. The van der Waals surface area contributed by atoms with E-state index in [1.54, 1.807) is 30.0 Å². The molecule has 0 heterocycles. The second-order valence-electron chi connectivity index (χ2n) is 4.96. The smallest absolute Gasteiger partial charge is 0.258 e. The number of nitrogens with one attached hydrogen (secondary N) is 1. The van der Waals surface area contributed by atoms with Crippen LogP contribution in [-0.2, 0) is 0 Å². The predicted octanol–water partition coefficient (Wildman–Crippen LogP) is 6.40. The van der Waals surface area contributed by atoms with Gasteiger partial charge >= 0.3 is 0 Å². The Balaban J connectivity index is 1.87. The molecule has 0 saturated carbocycles. The number of hydrogen-bond acceptors (Lipinski definition) is 2. The highest BCUT2D eigenvalue weighted by Gasteiger charge is 2.16. The first-order chi connectivity index (χ1) is 11.6. The summed E-state index contributed by atoms with van der Waals surface area (Å²) in [6, 6.07) is 22.6. The predicted molar refractivity (Wildman–Crippen MR) is 101 cm³/mol. The van der Waals surface area contributed by atoms with Gasteiger partial charge in [-0.3, -0.25) is 4.79 Å². The Kier molecular flexibility index (Phi) is 5.46. The van der Waals surface area contributed by atoms with Crippen LogP contribution in [0, 0.1) is 0 Å². The molecule has 3 rings (SSSR count). The van der Waals surface area contributed by atoms with Crippen LogP contribution in [0.4, 0.5) is 5.69 Å². The number of para-hydroxylation sites is 1. The standard InChI is InChI=1S/C19H13Cl2NOS/c20-14-9-6-10-15(21)18(14)19(23)22-16-11-4-5-12-17(16)24-13-7-2-1-3-8-13/h1-12H,(H,22,23). The van der Waals surface area contributed by atoms with E-state index in [1.807, 2.05) is 54.6 Å². The second-order valence-corrected chi connectivity index (χ2v) is 6.89. The first-order valence-electron chi connectivity index (χ1n) is 7.22. The third-order valence-electron chi connectivity index (χ3n) is 3.30. The highest BCUT2D eigenvalue weighted by Crippen LogP contribution is 2.34. The second kappa shape index (κ2) is 7.75. The van der Waals surface area contributed by atoms with Gasteiger partial charge in [0.25, 0.3) is 5.91 Å². The fourth-order valence-electron chi connectivity index (χ4n) is 2.17. The minimum atomic E-state index is -0.327. The lowest BCUT2D eigenvalue weighted by atomic mass is 10.2. The molecule has 0 radical (unpaired) electrons.